The largest absolute Gasteiger partial charge is 0.419 e. The van der Waals surface area contributed by atoms with Gasteiger partial charge in [0.1, 0.15) is 0 Å². The van der Waals surface area contributed by atoms with Crippen LogP contribution >= 0.6 is 0 Å². The van der Waals surface area contributed by atoms with Crippen molar-refractivity contribution in [2.45, 2.75) is 44.2 Å². The van der Waals surface area contributed by atoms with Crippen molar-refractivity contribution in [3.05, 3.63) is 46.5 Å². The predicted molar refractivity (Wildman–Crippen MR) is 82.8 cm³/mol. The quantitative estimate of drug-likeness (QED) is 0.790. The van der Waals surface area contributed by atoms with Gasteiger partial charge in [0.2, 0.25) is 5.89 Å². The lowest BCUT2D eigenvalue weighted by Crippen LogP contribution is -2.34. The molecule has 0 radical (unpaired) electrons. The van der Waals surface area contributed by atoms with Crippen molar-refractivity contribution in [1.29, 1.82) is 0 Å². The van der Waals surface area contributed by atoms with Gasteiger partial charge in [-0.2, -0.15) is 4.98 Å². The molecule has 0 spiro atoms. The van der Waals surface area contributed by atoms with Gasteiger partial charge in [-0.25, -0.2) is 4.79 Å². The fraction of sp³-hybridized carbons (Fsp3) is 0.438. The van der Waals surface area contributed by atoms with Gasteiger partial charge >= 0.3 is 5.76 Å². The average Bonchev–Trinajstić information content (AvgIpc) is 3.24. The Bertz CT molecular complexity index is 886. The Labute approximate surface area is 132 Å². The monoisotopic (exact) mass is 314 g/mol. The Morgan fingerprint density at radius 2 is 2.04 bits per heavy atom. The van der Waals surface area contributed by atoms with Gasteiger partial charge in [0, 0.05) is 13.0 Å². The normalized spacial score (nSPS) is 17.1. The lowest BCUT2D eigenvalue weighted by atomic mass is 9.99. The van der Waals surface area contributed by atoms with Gasteiger partial charge in [0.05, 0.1) is 11.1 Å². The van der Waals surface area contributed by atoms with Crippen LogP contribution in [0, 0.1) is 0 Å². The van der Waals surface area contributed by atoms with E-state index in [4.69, 9.17) is 14.7 Å². The summed E-state index contributed by atoms with van der Waals surface area (Å²) in [5.41, 5.74) is 7.22. The number of benzene rings is 1. The predicted octanol–water partition coefficient (Wildman–Crippen LogP) is 1.95. The molecule has 1 fully saturated rings. The van der Waals surface area contributed by atoms with Gasteiger partial charge in [-0.15, -0.1) is 0 Å². The first kappa shape index (κ1) is 14.2. The molecule has 0 unspecified atom stereocenters. The van der Waals surface area contributed by atoms with Crippen molar-refractivity contribution in [2.24, 2.45) is 5.73 Å². The first-order valence-electron chi connectivity index (χ1n) is 7.86. The minimum absolute atomic E-state index is 0.378. The molecule has 7 nitrogen and oxygen atoms in total. The van der Waals surface area contributed by atoms with E-state index < -0.39 is 5.54 Å². The van der Waals surface area contributed by atoms with Gasteiger partial charge in [-0.3, -0.25) is 4.57 Å². The van der Waals surface area contributed by atoms with E-state index in [2.05, 4.69) is 10.1 Å². The van der Waals surface area contributed by atoms with E-state index >= 15 is 0 Å². The van der Waals surface area contributed by atoms with Crippen molar-refractivity contribution >= 4 is 11.1 Å². The molecule has 23 heavy (non-hydrogen) atoms. The molecule has 0 atom stereocenters. The molecule has 2 heterocycles. The van der Waals surface area contributed by atoms with E-state index in [9.17, 15) is 4.79 Å². The third-order valence-electron chi connectivity index (χ3n) is 4.53. The molecule has 2 aromatic heterocycles. The van der Waals surface area contributed by atoms with Crippen LogP contribution in [-0.4, -0.2) is 14.7 Å². The van der Waals surface area contributed by atoms with E-state index in [-0.39, 0.29) is 5.76 Å². The Hall–Kier alpha value is -2.41. The summed E-state index contributed by atoms with van der Waals surface area (Å²) in [6.45, 7) is 0.426. The first-order chi connectivity index (χ1) is 11.2. The molecule has 120 valence electrons. The summed E-state index contributed by atoms with van der Waals surface area (Å²) < 4.78 is 12.1. The highest BCUT2D eigenvalue weighted by Crippen LogP contribution is 2.34. The SMILES string of the molecule is NC1(c2noc(CCn3c(=O)oc4ccccc43)n2)CCCC1. The molecular formula is C16H18N4O3. The van der Waals surface area contributed by atoms with Gasteiger partial charge in [-0.05, 0) is 25.0 Å². The molecule has 1 saturated carbocycles. The number of nitrogens with two attached hydrogens (primary N) is 1. The van der Waals surface area contributed by atoms with Gasteiger partial charge in [0.15, 0.2) is 11.4 Å². The Morgan fingerprint density at radius 1 is 1.26 bits per heavy atom. The molecule has 1 aromatic carbocycles. The van der Waals surface area contributed by atoms with Crippen LogP contribution in [0.2, 0.25) is 0 Å². The number of aromatic nitrogens is 3. The number of para-hydroxylation sites is 2. The number of hydrogen-bond donors (Lipinski definition) is 1. The van der Waals surface area contributed by atoms with Crippen LogP contribution in [0.25, 0.3) is 11.1 Å². The number of oxazole rings is 1. The summed E-state index contributed by atoms with van der Waals surface area (Å²) in [5.74, 6) is 0.695. The van der Waals surface area contributed by atoms with Crippen LogP contribution in [0.15, 0.2) is 38.0 Å². The third-order valence-corrected chi connectivity index (χ3v) is 4.53. The lowest BCUT2D eigenvalue weighted by Gasteiger charge is -2.17. The smallest absolute Gasteiger partial charge is 0.408 e. The third kappa shape index (κ3) is 2.46. The second-order valence-corrected chi connectivity index (χ2v) is 6.11. The topological polar surface area (TPSA) is 100 Å². The van der Waals surface area contributed by atoms with E-state index in [0.717, 1.165) is 31.2 Å². The van der Waals surface area contributed by atoms with Crippen LogP contribution in [0.4, 0.5) is 0 Å². The second-order valence-electron chi connectivity index (χ2n) is 6.11. The zero-order valence-electron chi connectivity index (χ0n) is 12.7. The van der Waals surface area contributed by atoms with Crippen molar-refractivity contribution < 1.29 is 8.94 Å². The molecule has 4 rings (SSSR count). The van der Waals surface area contributed by atoms with Gasteiger partial charge < -0.3 is 14.7 Å². The summed E-state index contributed by atoms with van der Waals surface area (Å²) in [6.07, 6.45) is 4.43. The second kappa shape index (κ2) is 5.34. The number of nitrogens with zero attached hydrogens (tertiary/aromatic N) is 3. The summed E-state index contributed by atoms with van der Waals surface area (Å²) >= 11 is 0. The Morgan fingerprint density at radius 3 is 2.87 bits per heavy atom. The molecule has 7 heteroatoms. The average molecular weight is 314 g/mol. The Kier molecular flexibility index (Phi) is 3.30. The minimum Gasteiger partial charge on any atom is -0.408 e. The number of aryl methyl sites for hydroxylation is 2. The van der Waals surface area contributed by atoms with Crippen molar-refractivity contribution in [1.82, 2.24) is 14.7 Å². The number of rotatable bonds is 4. The summed E-state index contributed by atoms with van der Waals surface area (Å²) in [7, 11) is 0. The van der Waals surface area contributed by atoms with Crippen molar-refractivity contribution in [3.63, 3.8) is 0 Å². The van der Waals surface area contributed by atoms with Gasteiger partial charge in [0.25, 0.3) is 0 Å². The van der Waals surface area contributed by atoms with Crippen molar-refractivity contribution in [3.8, 4) is 0 Å². The zero-order chi connectivity index (χ0) is 15.9. The van der Waals surface area contributed by atoms with E-state index in [0.29, 0.717) is 30.3 Å². The highest BCUT2D eigenvalue weighted by atomic mass is 16.5. The highest BCUT2D eigenvalue weighted by molar-refractivity contribution is 5.72. The molecule has 2 N–H and O–H groups in total. The molecule has 0 bridgehead atoms. The standard InChI is InChI=1S/C16H18N4O3/c17-16(8-3-4-9-16)14-18-13(23-19-14)7-10-20-11-5-1-2-6-12(11)22-15(20)21/h1-2,5-6H,3-4,7-10,17H2. The Balaban J connectivity index is 1.54. The minimum atomic E-state index is -0.457. The highest BCUT2D eigenvalue weighted by Gasteiger charge is 2.35. The number of hydrogen-bond acceptors (Lipinski definition) is 6. The summed E-state index contributed by atoms with van der Waals surface area (Å²) in [6, 6.07) is 7.34. The molecule has 1 aliphatic carbocycles. The van der Waals surface area contributed by atoms with E-state index in [1.807, 2.05) is 18.2 Å². The van der Waals surface area contributed by atoms with Crippen LogP contribution < -0.4 is 11.5 Å². The van der Waals surface area contributed by atoms with Crippen LogP contribution in [0.5, 0.6) is 0 Å². The lowest BCUT2D eigenvalue weighted by molar-refractivity contribution is 0.344. The fourth-order valence-corrected chi connectivity index (χ4v) is 3.22. The summed E-state index contributed by atoms with van der Waals surface area (Å²) in [4.78, 5) is 16.4. The molecular weight excluding hydrogens is 296 g/mol. The first-order valence-corrected chi connectivity index (χ1v) is 7.86. The van der Waals surface area contributed by atoms with Crippen LogP contribution in [0.3, 0.4) is 0 Å². The molecule has 3 aromatic rings. The van der Waals surface area contributed by atoms with E-state index in [1.165, 1.54) is 0 Å². The zero-order valence-corrected chi connectivity index (χ0v) is 12.7. The fourth-order valence-electron chi connectivity index (χ4n) is 3.22. The van der Waals surface area contributed by atoms with E-state index in [1.54, 1.807) is 10.6 Å². The maximum atomic E-state index is 11.9. The number of fused-ring (bicyclic) bond motifs is 1. The maximum absolute atomic E-state index is 11.9. The molecule has 0 saturated heterocycles. The van der Waals surface area contributed by atoms with Crippen LogP contribution in [-0.2, 0) is 18.5 Å². The summed E-state index contributed by atoms with van der Waals surface area (Å²) in [5, 5.41) is 4.03. The molecule has 0 amide bonds. The molecule has 0 aliphatic heterocycles. The van der Waals surface area contributed by atoms with Crippen molar-refractivity contribution in [2.75, 3.05) is 0 Å². The van der Waals surface area contributed by atoms with Gasteiger partial charge in [-0.1, -0.05) is 30.1 Å². The maximum Gasteiger partial charge on any atom is 0.419 e. The van der Waals surface area contributed by atoms with Crippen LogP contribution in [0.1, 0.15) is 37.4 Å². The molecule has 1 aliphatic rings.